The molecule has 21 heavy (non-hydrogen) atoms. The van der Waals surface area contributed by atoms with E-state index < -0.39 is 17.8 Å². The molecule has 1 fully saturated rings. The zero-order chi connectivity index (χ0) is 15.6. The smallest absolute Gasteiger partial charge is 0.335 e. The maximum absolute atomic E-state index is 12.1. The molecule has 1 aliphatic heterocycles. The summed E-state index contributed by atoms with van der Waals surface area (Å²) in [6.45, 7) is 2.71. The molecule has 7 heteroatoms. The summed E-state index contributed by atoms with van der Waals surface area (Å²) in [5, 5.41) is 21.1. The van der Waals surface area contributed by atoms with E-state index in [9.17, 15) is 19.5 Å². The summed E-state index contributed by atoms with van der Waals surface area (Å²) < 4.78 is 0. The molecular weight excluding hydrogens is 276 g/mol. The number of benzene rings is 1. The van der Waals surface area contributed by atoms with E-state index in [-0.39, 0.29) is 29.3 Å². The second kappa shape index (κ2) is 5.82. The first-order chi connectivity index (χ1) is 9.92. The van der Waals surface area contributed by atoms with Gasteiger partial charge in [0.2, 0.25) is 11.8 Å². The first-order valence-corrected chi connectivity index (χ1v) is 6.57. The van der Waals surface area contributed by atoms with Gasteiger partial charge in [0.05, 0.1) is 17.2 Å². The number of carbonyl (C=O) groups excluding carboxylic acids is 2. The number of carboxylic acid groups (broad SMARTS) is 1. The van der Waals surface area contributed by atoms with Gasteiger partial charge in [0, 0.05) is 19.5 Å². The first kappa shape index (κ1) is 14.8. The number of phenolic OH excluding ortho intramolecular Hbond substituents is 1. The van der Waals surface area contributed by atoms with Gasteiger partial charge in [-0.25, -0.2) is 4.79 Å². The summed E-state index contributed by atoms with van der Waals surface area (Å²) in [7, 11) is 0. The fourth-order valence-corrected chi connectivity index (χ4v) is 2.26. The van der Waals surface area contributed by atoms with Crippen molar-refractivity contribution >= 4 is 23.5 Å². The second-order valence-electron chi connectivity index (χ2n) is 4.86. The van der Waals surface area contributed by atoms with Crippen LogP contribution in [-0.4, -0.2) is 46.0 Å². The van der Waals surface area contributed by atoms with Gasteiger partial charge in [-0.3, -0.25) is 9.59 Å². The summed E-state index contributed by atoms with van der Waals surface area (Å²) in [5.41, 5.74) is -0.0110. The topological polar surface area (TPSA) is 107 Å². The zero-order valence-electron chi connectivity index (χ0n) is 11.5. The summed E-state index contributed by atoms with van der Waals surface area (Å²) in [4.78, 5) is 36.2. The molecule has 1 aliphatic rings. The van der Waals surface area contributed by atoms with Crippen molar-refractivity contribution in [3.8, 4) is 5.75 Å². The minimum absolute atomic E-state index is 0.0299. The van der Waals surface area contributed by atoms with Gasteiger partial charge in [-0.1, -0.05) is 0 Å². The highest BCUT2D eigenvalue weighted by molar-refractivity contribution is 5.99. The molecule has 112 valence electrons. The molecule has 0 spiro atoms. The summed E-state index contributed by atoms with van der Waals surface area (Å²) in [6, 6.07) is 3.63. The lowest BCUT2D eigenvalue weighted by molar-refractivity contribution is -0.128. The van der Waals surface area contributed by atoms with Crippen LogP contribution in [0.25, 0.3) is 0 Å². The molecule has 2 amide bonds. The molecule has 1 saturated heterocycles. The Morgan fingerprint density at radius 2 is 2.14 bits per heavy atom. The standard InChI is InChI=1S/C14H16N2O5/c1-2-16-7-9(6-12(16)18)13(19)15-10-5-8(14(20)21)3-4-11(10)17/h3-5,9,17H,2,6-7H2,1H3,(H,15,19)(H,20,21). The van der Waals surface area contributed by atoms with Crippen LogP contribution in [0.2, 0.25) is 0 Å². The van der Waals surface area contributed by atoms with Gasteiger partial charge in [-0.05, 0) is 25.1 Å². The highest BCUT2D eigenvalue weighted by Gasteiger charge is 2.33. The number of hydrogen-bond acceptors (Lipinski definition) is 4. The fourth-order valence-electron chi connectivity index (χ4n) is 2.26. The predicted molar refractivity (Wildman–Crippen MR) is 74.1 cm³/mol. The van der Waals surface area contributed by atoms with Crippen molar-refractivity contribution in [2.24, 2.45) is 5.92 Å². The Morgan fingerprint density at radius 3 is 2.71 bits per heavy atom. The molecule has 1 aromatic carbocycles. The Hall–Kier alpha value is -2.57. The van der Waals surface area contributed by atoms with Crippen LogP contribution in [-0.2, 0) is 9.59 Å². The highest BCUT2D eigenvalue weighted by atomic mass is 16.4. The van der Waals surface area contributed by atoms with E-state index >= 15 is 0 Å². The number of rotatable bonds is 4. The number of nitrogens with zero attached hydrogens (tertiary/aromatic N) is 1. The predicted octanol–water partition coefficient (Wildman–Crippen LogP) is 0.897. The number of anilines is 1. The largest absolute Gasteiger partial charge is 0.506 e. The Labute approximate surface area is 121 Å². The molecule has 0 aliphatic carbocycles. The van der Waals surface area contributed by atoms with Gasteiger partial charge in [-0.2, -0.15) is 0 Å². The van der Waals surface area contributed by atoms with Crippen LogP contribution < -0.4 is 5.32 Å². The Kier molecular flexibility index (Phi) is 4.11. The van der Waals surface area contributed by atoms with E-state index in [1.807, 2.05) is 6.92 Å². The van der Waals surface area contributed by atoms with Gasteiger partial charge in [0.15, 0.2) is 0 Å². The number of likely N-dealkylation sites (tertiary alicyclic amines) is 1. The summed E-state index contributed by atoms with van der Waals surface area (Å²) >= 11 is 0. The quantitative estimate of drug-likeness (QED) is 0.715. The van der Waals surface area contributed by atoms with Crippen LogP contribution in [0.15, 0.2) is 18.2 Å². The van der Waals surface area contributed by atoms with E-state index in [1.165, 1.54) is 18.2 Å². The van der Waals surface area contributed by atoms with Crippen molar-refractivity contribution < 1.29 is 24.6 Å². The Bertz CT molecular complexity index is 599. The van der Waals surface area contributed by atoms with Crippen molar-refractivity contribution in [3.63, 3.8) is 0 Å². The third kappa shape index (κ3) is 3.13. The van der Waals surface area contributed by atoms with Crippen molar-refractivity contribution in [1.82, 2.24) is 4.90 Å². The van der Waals surface area contributed by atoms with Gasteiger partial charge in [0.1, 0.15) is 5.75 Å². The van der Waals surface area contributed by atoms with Crippen LogP contribution in [0, 0.1) is 5.92 Å². The molecule has 1 unspecified atom stereocenters. The maximum Gasteiger partial charge on any atom is 0.335 e. The van der Waals surface area contributed by atoms with E-state index in [2.05, 4.69) is 5.32 Å². The number of carbonyl (C=O) groups is 3. The van der Waals surface area contributed by atoms with Crippen LogP contribution in [0.5, 0.6) is 5.75 Å². The van der Waals surface area contributed by atoms with Crippen LogP contribution in [0.3, 0.4) is 0 Å². The normalized spacial score (nSPS) is 17.9. The molecule has 1 atom stereocenters. The van der Waals surface area contributed by atoms with Crippen molar-refractivity contribution in [2.75, 3.05) is 18.4 Å². The molecule has 1 heterocycles. The SMILES string of the molecule is CCN1CC(C(=O)Nc2cc(C(=O)O)ccc2O)CC1=O. The molecule has 0 radical (unpaired) electrons. The van der Waals surface area contributed by atoms with E-state index in [4.69, 9.17) is 5.11 Å². The van der Waals surface area contributed by atoms with Crippen molar-refractivity contribution in [3.05, 3.63) is 23.8 Å². The fraction of sp³-hybridized carbons (Fsp3) is 0.357. The number of hydrogen-bond donors (Lipinski definition) is 3. The van der Waals surface area contributed by atoms with E-state index in [0.717, 1.165) is 0 Å². The number of nitrogens with one attached hydrogen (secondary N) is 1. The summed E-state index contributed by atoms with van der Waals surface area (Å²) in [5.74, 6) is -2.35. The van der Waals surface area contributed by atoms with E-state index in [0.29, 0.717) is 13.1 Å². The molecule has 7 nitrogen and oxygen atoms in total. The molecule has 1 aromatic rings. The Balaban J connectivity index is 2.11. The minimum Gasteiger partial charge on any atom is -0.506 e. The maximum atomic E-state index is 12.1. The number of carboxylic acids is 1. The zero-order valence-corrected chi connectivity index (χ0v) is 11.5. The third-order valence-electron chi connectivity index (χ3n) is 3.47. The van der Waals surface area contributed by atoms with Crippen LogP contribution >= 0.6 is 0 Å². The molecule has 0 aromatic heterocycles. The summed E-state index contributed by atoms with van der Waals surface area (Å²) in [6.07, 6.45) is 0.124. The molecule has 2 rings (SSSR count). The Morgan fingerprint density at radius 1 is 1.43 bits per heavy atom. The first-order valence-electron chi connectivity index (χ1n) is 6.57. The molecule has 0 saturated carbocycles. The average molecular weight is 292 g/mol. The van der Waals surface area contributed by atoms with Crippen LogP contribution in [0.4, 0.5) is 5.69 Å². The van der Waals surface area contributed by atoms with Gasteiger partial charge >= 0.3 is 5.97 Å². The lowest BCUT2D eigenvalue weighted by Gasteiger charge is -2.14. The lowest BCUT2D eigenvalue weighted by atomic mass is 10.1. The second-order valence-corrected chi connectivity index (χ2v) is 4.86. The molecular formula is C14H16N2O5. The van der Waals surface area contributed by atoms with Gasteiger partial charge in [0.25, 0.3) is 0 Å². The number of aromatic hydroxyl groups is 1. The van der Waals surface area contributed by atoms with Crippen molar-refractivity contribution in [2.45, 2.75) is 13.3 Å². The number of aromatic carboxylic acids is 1. The molecule has 3 N–H and O–H groups in total. The van der Waals surface area contributed by atoms with Crippen LogP contribution in [0.1, 0.15) is 23.7 Å². The molecule has 0 bridgehead atoms. The van der Waals surface area contributed by atoms with Gasteiger partial charge < -0.3 is 20.4 Å². The third-order valence-corrected chi connectivity index (χ3v) is 3.47. The number of phenols is 1. The number of amides is 2. The average Bonchev–Trinajstić information content (AvgIpc) is 2.82. The monoisotopic (exact) mass is 292 g/mol. The van der Waals surface area contributed by atoms with Gasteiger partial charge in [-0.15, -0.1) is 0 Å². The minimum atomic E-state index is -1.15. The highest BCUT2D eigenvalue weighted by Crippen LogP contribution is 2.26. The van der Waals surface area contributed by atoms with E-state index in [1.54, 1.807) is 4.90 Å². The van der Waals surface area contributed by atoms with Crippen molar-refractivity contribution in [1.29, 1.82) is 0 Å². The lowest BCUT2D eigenvalue weighted by Crippen LogP contribution is -2.28.